The van der Waals surface area contributed by atoms with Crippen molar-refractivity contribution in [3.8, 4) is 6.07 Å². The number of nitriles is 1. The van der Waals surface area contributed by atoms with Crippen molar-refractivity contribution in [3.05, 3.63) is 77.6 Å². The van der Waals surface area contributed by atoms with Gasteiger partial charge in [0, 0.05) is 11.8 Å². The van der Waals surface area contributed by atoms with Crippen LogP contribution >= 0.6 is 0 Å². The van der Waals surface area contributed by atoms with E-state index in [4.69, 9.17) is 11.0 Å². The zero-order valence-corrected chi connectivity index (χ0v) is 17.4. The summed E-state index contributed by atoms with van der Waals surface area (Å²) in [5, 5.41) is 9.07. The first kappa shape index (κ1) is 22.1. The van der Waals surface area contributed by atoms with Gasteiger partial charge in [0.2, 0.25) is 5.91 Å². The molecule has 0 bridgehead atoms. The molecule has 6 nitrogen and oxygen atoms in total. The third-order valence-electron chi connectivity index (χ3n) is 6.00. The Hall–Kier alpha value is -4.06. The number of hydrogen-bond donors (Lipinski definition) is 1. The number of rotatable bonds is 4. The van der Waals surface area contributed by atoms with Crippen LogP contribution < -0.4 is 15.5 Å². The van der Waals surface area contributed by atoms with Crippen molar-refractivity contribution >= 4 is 29.3 Å². The van der Waals surface area contributed by atoms with Gasteiger partial charge in [-0.15, -0.1) is 0 Å². The van der Waals surface area contributed by atoms with Crippen molar-refractivity contribution in [2.45, 2.75) is 31.0 Å². The number of carbonyl (C=O) groups excluding carboxylic acids is 2. The maximum absolute atomic E-state index is 13.5. The minimum Gasteiger partial charge on any atom is -0.366 e. The van der Waals surface area contributed by atoms with Crippen LogP contribution in [0.4, 0.5) is 24.5 Å². The van der Waals surface area contributed by atoms with Crippen LogP contribution in [0.25, 0.3) is 6.08 Å². The lowest BCUT2D eigenvalue weighted by atomic mass is 9.75. The van der Waals surface area contributed by atoms with Crippen LogP contribution in [0.15, 0.2) is 60.9 Å². The molecule has 1 saturated heterocycles. The van der Waals surface area contributed by atoms with Crippen LogP contribution in [0.3, 0.4) is 0 Å². The Bertz CT molecular complexity index is 1220. The molecule has 0 aromatic heterocycles. The first-order valence-corrected chi connectivity index (χ1v) is 10.1. The Labute approximate surface area is 188 Å². The fourth-order valence-electron chi connectivity index (χ4n) is 4.30. The third kappa shape index (κ3) is 3.63. The minimum absolute atomic E-state index is 0.00566. The van der Waals surface area contributed by atoms with Gasteiger partial charge in [0.25, 0.3) is 5.91 Å². The third-order valence-corrected chi connectivity index (χ3v) is 6.00. The number of primary amides is 1. The lowest BCUT2D eigenvalue weighted by Crippen LogP contribution is -2.54. The fourth-order valence-corrected chi connectivity index (χ4v) is 4.30. The fraction of sp³-hybridized carbons (Fsp3) is 0.208. The van der Waals surface area contributed by atoms with Crippen LogP contribution in [0.5, 0.6) is 0 Å². The summed E-state index contributed by atoms with van der Waals surface area (Å²) in [7, 11) is 0. The highest BCUT2D eigenvalue weighted by atomic mass is 19.4. The molecule has 0 atom stereocenters. The molecule has 2 aromatic carbocycles. The first-order valence-electron chi connectivity index (χ1n) is 10.1. The molecule has 0 unspecified atom stereocenters. The number of hydrogen-bond acceptors (Lipinski definition) is 4. The number of carbonyl (C=O) groups is 2. The SMILES string of the molecule is C=C1N(c2ccc(C#N)c(C(F)(F)F)c2)C(=O)C2(CCC2)N1c1ccc(/C=C/C(N)=O)cc1. The number of benzene rings is 2. The van der Waals surface area contributed by atoms with Crippen LogP contribution in [0.1, 0.15) is 36.0 Å². The zero-order valence-electron chi connectivity index (χ0n) is 17.4. The van der Waals surface area contributed by atoms with E-state index in [1.54, 1.807) is 41.3 Å². The Kier molecular flexibility index (Phi) is 5.24. The number of amides is 2. The Balaban J connectivity index is 1.74. The second-order valence-corrected chi connectivity index (χ2v) is 7.94. The first-order chi connectivity index (χ1) is 15.6. The molecule has 0 radical (unpaired) electrons. The van der Waals surface area contributed by atoms with Gasteiger partial charge in [-0.2, -0.15) is 18.4 Å². The quantitative estimate of drug-likeness (QED) is 0.700. The van der Waals surface area contributed by atoms with Gasteiger partial charge >= 0.3 is 6.18 Å². The molecule has 2 aliphatic rings. The van der Waals surface area contributed by atoms with Crippen LogP contribution in [0, 0.1) is 11.3 Å². The van der Waals surface area contributed by atoms with E-state index in [0.717, 1.165) is 24.1 Å². The van der Waals surface area contributed by atoms with E-state index < -0.39 is 28.7 Å². The molecule has 4 rings (SSSR count). The van der Waals surface area contributed by atoms with Gasteiger partial charge in [0.05, 0.1) is 22.9 Å². The van der Waals surface area contributed by atoms with E-state index >= 15 is 0 Å². The molecule has 1 saturated carbocycles. The summed E-state index contributed by atoms with van der Waals surface area (Å²) in [5.74, 6) is -0.699. The van der Waals surface area contributed by atoms with E-state index in [2.05, 4.69) is 6.58 Å². The zero-order chi connectivity index (χ0) is 24.0. The summed E-state index contributed by atoms with van der Waals surface area (Å²) in [6.45, 7) is 4.02. The average Bonchev–Trinajstić information content (AvgIpc) is 2.98. The maximum Gasteiger partial charge on any atom is 0.417 e. The van der Waals surface area contributed by atoms with Gasteiger partial charge in [0.1, 0.15) is 11.4 Å². The predicted octanol–water partition coefficient (Wildman–Crippen LogP) is 4.32. The average molecular weight is 452 g/mol. The van der Waals surface area contributed by atoms with E-state index in [-0.39, 0.29) is 17.4 Å². The topological polar surface area (TPSA) is 90.4 Å². The predicted molar refractivity (Wildman–Crippen MR) is 117 cm³/mol. The normalized spacial score (nSPS) is 17.5. The van der Waals surface area contributed by atoms with Crippen molar-refractivity contribution in [1.29, 1.82) is 5.26 Å². The van der Waals surface area contributed by atoms with E-state index in [1.807, 2.05) is 0 Å². The monoisotopic (exact) mass is 452 g/mol. The van der Waals surface area contributed by atoms with Crippen LogP contribution in [0.2, 0.25) is 0 Å². The van der Waals surface area contributed by atoms with Crippen LogP contribution in [-0.4, -0.2) is 17.4 Å². The summed E-state index contributed by atoms with van der Waals surface area (Å²) in [6.07, 6.45) is -0.0973. The van der Waals surface area contributed by atoms with Gasteiger partial charge < -0.3 is 10.6 Å². The summed E-state index contributed by atoms with van der Waals surface area (Å²) < 4.78 is 40.5. The van der Waals surface area contributed by atoms with Gasteiger partial charge in [-0.3, -0.25) is 14.5 Å². The molecule has 2 amide bonds. The minimum atomic E-state index is -4.74. The highest BCUT2D eigenvalue weighted by molar-refractivity contribution is 6.11. The molecule has 33 heavy (non-hydrogen) atoms. The lowest BCUT2D eigenvalue weighted by molar-refractivity contribution is -0.137. The van der Waals surface area contributed by atoms with Crippen molar-refractivity contribution in [1.82, 2.24) is 0 Å². The van der Waals surface area contributed by atoms with Gasteiger partial charge in [-0.05, 0) is 61.2 Å². The number of halogens is 3. The second-order valence-electron chi connectivity index (χ2n) is 7.94. The van der Waals surface area contributed by atoms with E-state index in [1.165, 1.54) is 17.0 Å². The summed E-state index contributed by atoms with van der Waals surface area (Å²) in [6, 6.07) is 11.7. The van der Waals surface area contributed by atoms with Gasteiger partial charge in [-0.25, -0.2) is 0 Å². The van der Waals surface area contributed by atoms with Gasteiger partial charge in [-0.1, -0.05) is 18.7 Å². The van der Waals surface area contributed by atoms with Crippen molar-refractivity contribution in [2.24, 2.45) is 5.73 Å². The molecule has 2 aromatic rings. The number of nitrogens with zero attached hydrogens (tertiary/aromatic N) is 3. The molecule has 168 valence electrons. The van der Waals surface area contributed by atoms with Crippen molar-refractivity contribution in [3.63, 3.8) is 0 Å². The lowest BCUT2D eigenvalue weighted by Gasteiger charge is -2.43. The number of nitrogens with two attached hydrogens (primary N) is 1. The molecule has 1 aliphatic carbocycles. The van der Waals surface area contributed by atoms with E-state index in [0.29, 0.717) is 18.5 Å². The number of alkyl halides is 3. The molecule has 2 N–H and O–H groups in total. The second kappa shape index (κ2) is 7.81. The van der Waals surface area contributed by atoms with Crippen LogP contribution in [-0.2, 0) is 15.8 Å². The summed E-state index contributed by atoms with van der Waals surface area (Å²) >= 11 is 0. The molecule has 1 spiro atoms. The maximum atomic E-state index is 13.5. The standard InChI is InChI=1S/C24H19F3N4O2/c1-15-30(19-9-6-17(14-28)20(13-19)24(25,26)27)22(33)23(11-2-12-23)31(15)18-7-3-16(4-8-18)5-10-21(29)32/h3-10,13H,1-2,11-12H2,(H2,29,32)/b10-5+. The Morgan fingerprint density at radius 1 is 1.15 bits per heavy atom. The van der Waals surface area contributed by atoms with Crippen molar-refractivity contribution in [2.75, 3.05) is 9.80 Å². The smallest absolute Gasteiger partial charge is 0.366 e. The number of anilines is 2. The molecule has 9 heteroatoms. The summed E-state index contributed by atoms with van der Waals surface area (Å²) in [4.78, 5) is 27.4. The highest BCUT2D eigenvalue weighted by Gasteiger charge is 2.58. The van der Waals surface area contributed by atoms with E-state index in [9.17, 15) is 22.8 Å². The van der Waals surface area contributed by atoms with Crippen molar-refractivity contribution < 1.29 is 22.8 Å². The molecule has 2 fully saturated rings. The molecule has 1 aliphatic heterocycles. The largest absolute Gasteiger partial charge is 0.417 e. The molecular formula is C24H19F3N4O2. The highest BCUT2D eigenvalue weighted by Crippen LogP contribution is 2.50. The van der Waals surface area contributed by atoms with Gasteiger partial charge in [0.15, 0.2) is 0 Å². The summed E-state index contributed by atoms with van der Waals surface area (Å²) in [5.41, 5.74) is 3.95. The Morgan fingerprint density at radius 3 is 2.30 bits per heavy atom. The Morgan fingerprint density at radius 2 is 1.79 bits per heavy atom. The molecule has 1 heterocycles. The molecular weight excluding hydrogens is 433 g/mol.